The highest BCUT2D eigenvalue weighted by Gasteiger charge is 2.49. The molecular formula is C19H45NO14S6. The molecule has 0 aromatic carbocycles. The topological polar surface area (TPSA) is 270 Å². The largest absolute Gasteiger partial charge is 0.394 e. The van der Waals surface area contributed by atoms with Gasteiger partial charge in [0.1, 0.15) is 61.0 Å². The fourth-order valence-electron chi connectivity index (χ4n) is 3.90. The lowest BCUT2D eigenvalue weighted by Crippen LogP contribution is -2.68. The van der Waals surface area contributed by atoms with Crippen molar-refractivity contribution in [1.29, 1.82) is 0 Å². The van der Waals surface area contributed by atoms with Crippen LogP contribution in [-0.4, -0.2) is 162 Å². The summed E-state index contributed by atoms with van der Waals surface area (Å²) in [5.41, 5.74) is -0.0209. The van der Waals surface area contributed by atoms with Crippen molar-refractivity contribution in [3.8, 4) is 0 Å². The van der Waals surface area contributed by atoms with Crippen molar-refractivity contribution in [1.82, 2.24) is 5.32 Å². The summed E-state index contributed by atoms with van der Waals surface area (Å²) in [6, 6.07) is -2.46. The van der Waals surface area contributed by atoms with Gasteiger partial charge in [-0.1, -0.05) is 6.08 Å². The van der Waals surface area contributed by atoms with Crippen LogP contribution in [0.2, 0.25) is 0 Å². The second-order valence-corrected chi connectivity index (χ2v) is 8.22. The van der Waals surface area contributed by atoms with Gasteiger partial charge < -0.3 is 75.8 Å². The van der Waals surface area contributed by atoms with E-state index in [1.54, 1.807) is 0 Å². The predicted octanol–water partition coefficient (Wildman–Crippen LogP) is -6.90. The van der Waals surface area contributed by atoms with E-state index in [0.29, 0.717) is 0 Å². The third-order valence-corrected chi connectivity index (χ3v) is 5.95. The molecule has 1 aliphatic carbocycles. The Bertz CT molecular complexity index is 704. The maximum atomic E-state index is 10.8. The summed E-state index contributed by atoms with van der Waals surface area (Å²) in [5.74, 6) is 0. The average molecular weight is 704 g/mol. The first-order valence-corrected chi connectivity index (χ1v) is 10.5. The average Bonchev–Trinajstić information content (AvgIpc) is 2.84. The number of carbonyl (C=O) groups excluding carboxylic acids is 1. The number of hydrogen-bond acceptors (Lipinski definition) is 15. The molecule has 21 heteroatoms. The lowest BCUT2D eigenvalue weighted by Gasteiger charge is -2.46. The highest BCUT2D eigenvalue weighted by molar-refractivity contribution is 7.60. The lowest BCUT2D eigenvalue weighted by atomic mass is 9.86. The molecule has 2 aliphatic rings. The van der Waals surface area contributed by atoms with E-state index in [0.717, 1.165) is 0 Å². The zero-order chi connectivity index (χ0) is 25.7. The summed E-state index contributed by atoms with van der Waals surface area (Å²) >= 11 is 0. The normalized spacial score (nSPS) is 34.2. The number of rotatable bonds is 11. The summed E-state index contributed by atoms with van der Waals surface area (Å²) in [6.45, 7) is -2.39. The quantitative estimate of drug-likeness (QED) is 0.0704. The van der Waals surface area contributed by atoms with Gasteiger partial charge in [-0.15, -0.1) is 0 Å². The summed E-state index contributed by atoms with van der Waals surface area (Å²) in [6.07, 6.45) is -18.3. The van der Waals surface area contributed by atoms with E-state index < -0.39 is 99.2 Å². The number of aldehydes is 1. The first-order chi connectivity index (χ1) is 16.0. The monoisotopic (exact) mass is 703 g/mol. The van der Waals surface area contributed by atoms with Crippen LogP contribution in [0, 0.1) is 0 Å². The van der Waals surface area contributed by atoms with Crippen LogP contribution in [0.4, 0.5) is 0 Å². The van der Waals surface area contributed by atoms with Crippen LogP contribution in [-0.2, 0) is 14.3 Å². The molecule has 40 heavy (non-hydrogen) atoms. The van der Waals surface area contributed by atoms with Crippen LogP contribution in [0.3, 0.4) is 0 Å². The maximum Gasteiger partial charge on any atom is 0.187 e. The second kappa shape index (κ2) is 23.3. The number of nitrogens with one attached hydrogen (secondary N) is 1. The molecule has 0 spiro atoms. The lowest BCUT2D eigenvalue weighted by molar-refractivity contribution is -0.312. The van der Waals surface area contributed by atoms with Gasteiger partial charge in [0.2, 0.25) is 0 Å². The van der Waals surface area contributed by atoms with Crippen molar-refractivity contribution in [2.75, 3.05) is 19.8 Å². The zero-order valence-corrected chi connectivity index (χ0v) is 26.9. The van der Waals surface area contributed by atoms with Crippen LogP contribution in [0.1, 0.15) is 0 Å². The van der Waals surface area contributed by atoms with Gasteiger partial charge in [0.25, 0.3) is 0 Å². The van der Waals surface area contributed by atoms with Crippen molar-refractivity contribution in [3.05, 3.63) is 11.6 Å². The van der Waals surface area contributed by atoms with Crippen molar-refractivity contribution in [2.24, 2.45) is 0 Å². The fraction of sp³-hybridized carbons (Fsp3) is 0.842. The summed E-state index contributed by atoms with van der Waals surface area (Å²) in [5, 5.41) is 112. The molecule has 0 aromatic heterocycles. The number of hydrogen-bond donors (Lipinski definition) is 12. The predicted molar refractivity (Wildman–Crippen MR) is 170 cm³/mol. The Labute approximate surface area is 272 Å². The molecule has 1 saturated heterocycles. The second-order valence-electron chi connectivity index (χ2n) is 8.22. The van der Waals surface area contributed by atoms with Gasteiger partial charge in [-0.2, -0.15) is 81.0 Å². The molecular weight excluding hydrogens is 659 g/mol. The van der Waals surface area contributed by atoms with E-state index in [1.165, 1.54) is 6.08 Å². The van der Waals surface area contributed by atoms with Crippen molar-refractivity contribution in [2.45, 2.75) is 79.4 Å². The zero-order valence-electron chi connectivity index (χ0n) is 20.9. The van der Waals surface area contributed by atoms with E-state index >= 15 is 0 Å². The molecule has 1 heterocycles. The van der Waals surface area contributed by atoms with Gasteiger partial charge in [0.15, 0.2) is 12.6 Å². The van der Waals surface area contributed by atoms with Crippen LogP contribution < -0.4 is 5.32 Å². The maximum absolute atomic E-state index is 10.8. The highest BCUT2D eigenvalue weighted by Crippen LogP contribution is 2.27. The Balaban J connectivity index is -0.000000681. The molecule has 0 aromatic rings. The van der Waals surface area contributed by atoms with Crippen LogP contribution >= 0.6 is 81.0 Å². The molecule has 13 atom stereocenters. The smallest absolute Gasteiger partial charge is 0.187 e. The van der Waals surface area contributed by atoms with Crippen LogP contribution in [0.15, 0.2) is 11.6 Å². The molecule has 246 valence electrons. The first kappa shape index (κ1) is 50.6. The van der Waals surface area contributed by atoms with Gasteiger partial charge in [-0.3, -0.25) is 0 Å². The molecule has 0 amide bonds. The molecule has 6 unspecified atom stereocenters. The SMILES string of the molecule is O=C[C@H](O)[C@@H](O)[C@H](OC1O[C@H](CO)C(NC2C=C(CO)[C@@H](O)C(O)[C@H]2O)[C@H](O)C1O)C(O)CO.S.S.S.S.S.S. The molecule has 12 N–H and O–H groups in total. The van der Waals surface area contributed by atoms with Crippen LogP contribution in [0.25, 0.3) is 0 Å². The summed E-state index contributed by atoms with van der Waals surface area (Å²) < 4.78 is 10.7. The van der Waals surface area contributed by atoms with Crippen LogP contribution in [0.5, 0.6) is 0 Å². The number of aliphatic hydroxyl groups is 11. The van der Waals surface area contributed by atoms with E-state index in [4.69, 9.17) is 9.47 Å². The Morgan fingerprint density at radius 1 is 0.875 bits per heavy atom. The van der Waals surface area contributed by atoms with Crippen molar-refractivity contribution >= 4 is 87.3 Å². The Kier molecular flexibility index (Phi) is 29.5. The molecule has 2 rings (SSSR count). The van der Waals surface area contributed by atoms with Gasteiger partial charge in [-0.25, -0.2) is 0 Å². The minimum absolute atomic E-state index is 0. The summed E-state index contributed by atoms with van der Waals surface area (Å²) in [4.78, 5) is 10.8. The Hall–Kier alpha value is 0.950. The van der Waals surface area contributed by atoms with E-state index in [-0.39, 0.29) is 92.8 Å². The minimum atomic E-state index is -2.05. The molecule has 0 radical (unpaired) electrons. The highest BCUT2D eigenvalue weighted by atomic mass is 32.1. The third-order valence-electron chi connectivity index (χ3n) is 5.95. The molecule has 1 aliphatic heterocycles. The molecule has 0 saturated carbocycles. The number of aliphatic hydroxyl groups excluding tert-OH is 11. The molecule has 1 fully saturated rings. The Morgan fingerprint density at radius 3 is 1.88 bits per heavy atom. The standard InChI is InChI=1S/C19H33NO14.6H2S/c21-2-6-1-7(13(28)16(31)12(6)27)20-11-10(5-24)33-19(17(32)15(11)30)34-18(9(26)4-23)14(29)8(25)3-22;;;;;;/h1,3,7-21,23-32H,2,4-5H2;6*1H2/t7?,8-,9?,10+,11?,12+,13-,14+,15-,16?,17?,18+,19?;;;;;;/m0....../s1. The summed E-state index contributed by atoms with van der Waals surface area (Å²) in [7, 11) is 0. The first-order valence-electron chi connectivity index (χ1n) is 10.5. The number of ether oxygens (including phenoxy) is 2. The van der Waals surface area contributed by atoms with Gasteiger partial charge in [0, 0.05) is 0 Å². The minimum Gasteiger partial charge on any atom is -0.394 e. The van der Waals surface area contributed by atoms with Crippen molar-refractivity contribution in [3.63, 3.8) is 0 Å². The van der Waals surface area contributed by atoms with Gasteiger partial charge in [0.05, 0.1) is 31.9 Å². The number of carbonyl (C=O) groups is 1. The van der Waals surface area contributed by atoms with E-state index in [9.17, 15) is 61.0 Å². The molecule has 15 nitrogen and oxygen atoms in total. The third kappa shape index (κ3) is 11.8. The van der Waals surface area contributed by atoms with E-state index in [1.807, 2.05) is 0 Å². The van der Waals surface area contributed by atoms with Gasteiger partial charge in [-0.05, 0) is 5.57 Å². The molecule has 0 bridgehead atoms. The fourth-order valence-corrected chi connectivity index (χ4v) is 3.90. The Morgan fingerprint density at radius 2 is 1.43 bits per heavy atom. The van der Waals surface area contributed by atoms with E-state index in [2.05, 4.69) is 5.32 Å². The van der Waals surface area contributed by atoms with Crippen molar-refractivity contribution < 1.29 is 70.4 Å². The van der Waals surface area contributed by atoms with Gasteiger partial charge >= 0.3 is 0 Å².